The fraction of sp³-hybridized carbons (Fsp3) is 0.217. The van der Waals surface area contributed by atoms with Crippen LogP contribution in [-0.4, -0.2) is 30.0 Å². The van der Waals surface area contributed by atoms with Crippen molar-refractivity contribution in [2.24, 2.45) is 0 Å². The summed E-state index contributed by atoms with van der Waals surface area (Å²) in [4.78, 5) is 28.9. The van der Waals surface area contributed by atoms with Crippen LogP contribution in [0.15, 0.2) is 60.0 Å². The van der Waals surface area contributed by atoms with Crippen LogP contribution in [0.2, 0.25) is 0 Å². The second kappa shape index (κ2) is 7.27. The summed E-state index contributed by atoms with van der Waals surface area (Å²) in [5.74, 6) is 0.260. The summed E-state index contributed by atoms with van der Waals surface area (Å²) >= 11 is 1.54. The van der Waals surface area contributed by atoms with Crippen molar-refractivity contribution >= 4 is 28.7 Å². The third-order valence-corrected chi connectivity index (χ3v) is 6.28. The standard InChI is InChI=1S/C23H19NO5S/c25-19(15-7-8-20-21(12-15)29-10-9-28-20)13-23(27)17-5-1-2-6-18(17)24(22(23)26)14-16-4-3-11-30-16/h1-8,11-12,27H,9-10,13-14H2. The van der Waals surface area contributed by atoms with Gasteiger partial charge >= 0.3 is 0 Å². The number of Topliss-reactive ketones (excluding diaryl/α,β-unsaturated/α-hetero) is 1. The van der Waals surface area contributed by atoms with E-state index in [0.717, 1.165) is 4.88 Å². The molecular weight excluding hydrogens is 402 g/mol. The Labute approximate surface area is 177 Å². The highest BCUT2D eigenvalue weighted by atomic mass is 32.1. The van der Waals surface area contributed by atoms with Gasteiger partial charge < -0.3 is 19.5 Å². The highest BCUT2D eigenvalue weighted by Crippen LogP contribution is 2.44. The zero-order valence-electron chi connectivity index (χ0n) is 16.0. The third-order valence-electron chi connectivity index (χ3n) is 5.41. The Hall–Kier alpha value is -3.16. The van der Waals surface area contributed by atoms with Gasteiger partial charge in [-0.2, -0.15) is 0 Å². The summed E-state index contributed by atoms with van der Waals surface area (Å²) in [5.41, 5.74) is -0.446. The lowest BCUT2D eigenvalue weighted by Crippen LogP contribution is -2.41. The molecule has 7 heteroatoms. The van der Waals surface area contributed by atoms with Crippen LogP contribution in [0.25, 0.3) is 0 Å². The predicted molar refractivity (Wildman–Crippen MR) is 112 cm³/mol. The van der Waals surface area contributed by atoms with Gasteiger partial charge in [0.15, 0.2) is 22.9 Å². The van der Waals surface area contributed by atoms with Crippen molar-refractivity contribution in [1.82, 2.24) is 0 Å². The van der Waals surface area contributed by atoms with Gasteiger partial charge in [0.2, 0.25) is 0 Å². The summed E-state index contributed by atoms with van der Waals surface area (Å²) < 4.78 is 11.0. The number of amides is 1. The molecule has 0 bridgehead atoms. The van der Waals surface area contributed by atoms with Crippen molar-refractivity contribution in [1.29, 1.82) is 0 Å². The summed E-state index contributed by atoms with van der Waals surface area (Å²) in [6, 6.07) is 15.9. The number of fused-ring (bicyclic) bond motifs is 2. The van der Waals surface area contributed by atoms with E-state index in [-0.39, 0.29) is 12.2 Å². The zero-order chi connectivity index (χ0) is 20.7. The number of hydrogen-bond donors (Lipinski definition) is 1. The number of nitrogens with zero attached hydrogens (tertiary/aromatic N) is 1. The maximum Gasteiger partial charge on any atom is 0.264 e. The van der Waals surface area contributed by atoms with Gasteiger partial charge in [-0.3, -0.25) is 9.59 Å². The first-order valence-electron chi connectivity index (χ1n) is 9.65. The SMILES string of the molecule is O=C(CC1(O)C(=O)N(Cc2cccs2)c2ccccc21)c1ccc2c(c1)OCCO2. The molecule has 3 heterocycles. The van der Waals surface area contributed by atoms with E-state index >= 15 is 0 Å². The van der Waals surface area contributed by atoms with Crippen LogP contribution in [0, 0.1) is 0 Å². The van der Waals surface area contributed by atoms with Crippen LogP contribution >= 0.6 is 11.3 Å². The Morgan fingerprint density at radius 1 is 1.07 bits per heavy atom. The number of hydrogen-bond acceptors (Lipinski definition) is 6. The number of ether oxygens (including phenoxy) is 2. The first kappa shape index (κ1) is 18.8. The van der Waals surface area contributed by atoms with E-state index in [9.17, 15) is 14.7 Å². The molecule has 1 amide bonds. The van der Waals surface area contributed by atoms with Crippen LogP contribution in [0.5, 0.6) is 11.5 Å². The number of rotatable bonds is 5. The van der Waals surface area contributed by atoms with Crippen molar-refractivity contribution < 1.29 is 24.2 Å². The molecule has 152 valence electrons. The van der Waals surface area contributed by atoms with Gasteiger partial charge in [0.05, 0.1) is 18.7 Å². The molecule has 6 nitrogen and oxygen atoms in total. The van der Waals surface area contributed by atoms with Gasteiger partial charge in [0, 0.05) is 16.0 Å². The number of para-hydroxylation sites is 1. The lowest BCUT2D eigenvalue weighted by Gasteiger charge is -2.23. The minimum absolute atomic E-state index is 0.337. The molecule has 2 aromatic carbocycles. The van der Waals surface area contributed by atoms with Gasteiger partial charge in [0.1, 0.15) is 13.2 Å². The predicted octanol–water partition coefficient (Wildman–Crippen LogP) is 3.53. The number of carbonyl (C=O) groups excluding carboxylic acids is 2. The number of ketones is 1. The van der Waals surface area contributed by atoms with Crippen molar-refractivity contribution in [3.8, 4) is 11.5 Å². The van der Waals surface area contributed by atoms with Crippen LogP contribution < -0.4 is 14.4 Å². The number of benzene rings is 2. The zero-order valence-corrected chi connectivity index (χ0v) is 16.9. The van der Waals surface area contributed by atoms with Gasteiger partial charge in [-0.25, -0.2) is 0 Å². The lowest BCUT2D eigenvalue weighted by molar-refractivity contribution is -0.136. The summed E-state index contributed by atoms with van der Waals surface area (Å²) in [6.07, 6.45) is -0.344. The van der Waals surface area contributed by atoms with E-state index in [1.54, 1.807) is 52.6 Å². The van der Waals surface area contributed by atoms with E-state index < -0.39 is 11.5 Å². The maximum atomic E-state index is 13.3. The highest BCUT2D eigenvalue weighted by Gasteiger charge is 2.50. The van der Waals surface area contributed by atoms with Crippen molar-refractivity contribution in [2.45, 2.75) is 18.6 Å². The first-order chi connectivity index (χ1) is 14.6. The topological polar surface area (TPSA) is 76.1 Å². The minimum atomic E-state index is -1.90. The molecule has 1 N–H and O–H groups in total. The van der Waals surface area contributed by atoms with Crippen LogP contribution in [0.4, 0.5) is 5.69 Å². The molecule has 2 aliphatic rings. The Bertz CT molecular complexity index is 1130. The van der Waals surface area contributed by atoms with E-state index in [0.29, 0.717) is 48.1 Å². The largest absolute Gasteiger partial charge is 0.486 e. The second-order valence-electron chi connectivity index (χ2n) is 7.31. The molecule has 1 aromatic heterocycles. The number of thiophene rings is 1. The Morgan fingerprint density at radius 3 is 2.67 bits per heavy atom. The van der Waals surface area contributed by atoms with Crippen LogP contribution in [0.3, 0.4) is 0 Å². The van der Waals surface area contributed by atoms with E-state index in [2.05, 4.69) is 0 Å². The Balaban J connectivity index is 1.46. The molecule has 1 atom stereocenters. The van der Waals surface area contributed by atoms with Crippen molar-refractivity contribution in [3.05, 3.63) is 76.0 Å². The number of carbonyl (C=O) groups is 2. The second-order valence-corrected chi connectivity index (χ2v) is 8.34. The minimum Gasteiger partial charge on any atom is -0.486 e. The Kier molecular flexibility index (Phi) is 4.56. The van der Waals surface area contributed by atoms with Gasteiger partial charge in [-0.15, -0.1) is 11.3 Å². The number of anilines is 1. The summed E-state index contributed by atoms with van der Waals surface area (Å²) in [5, 5.41) is 13.4. The molecule has 2 aliphatic heterocycles. The van der Waals surface area contributed by atoms with E-state index in [1.807, 2.05) is 23.6 Å². The van der Waals surface area contributed by atoms with Gasteiger partial charge in [-0.05, 0) is 35.7 Å². The molecule has 0 aliphatic carbocycles. The van der Waals surface area contributed by atoms with Gasteiger partial charge in [0.25, 0.3) is 5.91 Å². The Morgan fingerprint density at radius 2 is 1.87 bits per heavy atom. The molecule has 5 rings (SSSR count). The quantitative estimate of drug-likeness (QED) is 0.638. The fourth-order valence-corrected chi connectivity index (χ4v) is 4.64. The molecular formula is C23H19NO5S. The molecule has 0 fully saturated rings. The van der Waals surface area contributed by atoms with Crippen molar-refractivity contribution in [3.63, 3.8) is 0 Å². The molecule has 0 spiro atoms. The van der Waals surface area contributed by atoms with Gasteiger partial charge in [-0.1, -0.05) is 24.3 Å². The molecule has 3 aromatic rings. The molecule has 0 saturated heterocycles. The average molecular weight is 421 g/mol. The van der Waals surface area contributed by atoms with E-state index in [4.69, 9.17) is 9.47 Å². The average Bonchev–Trinajstić information content (AvgIpc) is 3.36. The molecule has 0 saturated carbocycles. The lowest BCUT2D eigenvalue weighted by atomic mass is 9.88. The van der Waals surface area contributed by atoms with Crippen molar-refractivity contribution in [2.75, 3.05) is 18.1 Å². The summed E-state index contributed by atoms with van der Waals surface area (Å²) in [6.45, 7) is 1.23. The molecule has 30 heavy (non-hydrogen) atoms. The van der Waals surface area contributed by atoms with Crippen LogP contribution in [-0.2, 0) is 16.9 Å². The monoisotopic (exact) mass is 421 g/mol. The number of aliphatic hydroxyl groups is 1. The molecule has 1 unspecified atom stereocenters. The smallest absolute Gasteiger partial charge is 0.264 e. The normalized spacial score (nSPS) is 19.6. The highest BCUT2D eigenvalue weighted by molar-refractivity contribution is 7.09. The molecule has 0 radical (unpaired) electrons. The van der Waals surface area contributed by atoms with E-state index in [1.165, 1.54) is 0 Å². The van der Waals surface area contributed by atoms with Crippen LogP contribution in [0.1, 0.15) is 27.2 Å². The third kappa shape index (κ3) is 3.07. The first-order valence-corrected chi connectivity index (χ1v) is 10.5. The summed E-state index contributed by atoms with van der Waals surface area (Å²) in [7, 11) is 0. The fourth-order valence-electron chi connectivity index (χ4n) is 3.94. The maximum absolute atomic E-state index is 13.3.